The van der Waals surface area contributed by atoms with Crippen molar-refractivity contribution in [3.8, 4) is 0 Å². The van der Waals surface area contributed by atoms with Gasteiger partial charge < -0.3 is 10.5 Å². The summed E-state index contributed by atoms with van der Waals surface area (Å²) in [6.07, 6.45) is 4.47. The molecule has 0 heterocycles. The van der Waals surface area contributed by atoms with E-state index in [0.29, 0.717) is 12.3 Å². The predicted molar refractivity (Wildman–Crippen MR) is 58.7 cm³/mol. The van der Waals surface area contributed by atoms with Crippen LogP contribution in [0, 0.1) is 5.92 Å². The molecule has 0 aliphatic heterocycles. The van der Waals surface area contributed by atoms with Crippen molar-refractivity contribution >= 4 is 18.3 Å². The third-order valence-electron chi connectivity index (χ3n) is 2.71. The zero-order valence-corrected chi connectivity index (χ0v) is 9.60. The molecule has 0 aromatic carbocycles. The number of nitrogens with two attached hydrogens (primary N) is 1. The molecule has 5 heteroatoms. The molecular formula is C10H19ClFNO2. The first kappa shape index (κ1) is 14.6. The molecule has 1 aliphatic carbocycles. The van der Waals surface area contributed by atoms with E-state index in [1.807, 2.05) is 0 Å². The van der Waals surface area contributed by atoms with Crippen molar-refractivity contribution < 1.29 is 13.9 Å². The van der Waals surface area contributed by atoms with E-state index < -0.39 is 6.67 Å². The highest BCUT2D eigenvalue weighted by Gasteiger charge is 2.22. The molecule has 15 heavy (non-hydrogen) atoms. The van der Waals surface area contributed by atoms with Crippen LogP contribution in [0.15, 0.2) is 0 Å². The zero-order valence-electron chi connectivity index (χ0n) is 8.78. The van der Waals surface area contributed by atoms with E-state index in [0.717, 1.165) is 25.7 Å². The molecule has 1 saturated carbocycles. The van der Waals surface area contributed by atoms with E-state index in [-0.39, 0.29) is 31.0 Å². The highest BCUT2D eigenvalue weighted by atomic mass is 35.5. The van der Waals surface area contributed by atoms with Crippen LogP contribution in [0.2, 0.25) is 0 Å². The van der Waals surface area contributed by atoms with Gasteiger partial charge in [0.2, 0.25) is 5.91 Å². The van der Waals surface area contributed by atoms with Crippen molar-refractivity contribution in [3.63, 3.8) is 0 Å². The quantitative estimate of drug-likeness (QED) is 0.796. The number of hydrogen-bond donors (Lipinski definition) is 1. The van der Waals surface area contributed by atoms with Crippen LogP contribution < -0.4 is 5.73 Å². The summed E-state index contributed by atoms with van der Waals surface area (Å²) < 4.78 is 17.1. The Kier molecular flexibility index (Phi) is 7.70. The Labute approximate surface area is 96.0 Å². The maximum absolute atomic E-state index is 11.8. The summed E-state index contributed by atoms with van der Waals surface area (Å²) in [6.45, 7) is -0.216. The minimum Gasteiger partial charge on any atom is -0.376 e. The fourth-order valence-electron chi connectivity index (χ4n) is 2.00. The van der Waals surface area contributed by atoms with Gasteiger partial charge in [0.1, 0.15) is 6.67 Å². The van der Waals surface area contributed by atoms with Crippen molar-refractivity contribution in [2.24, 2.45) is 11.7 Å². The molecule has 0 radical (unpaired) electrons. The Bertz CT molecular complexity index is 184. The number of amides is 1. The fourth-order valence-corrected chi connectivity index (χ4v) is 2.00. The molecular weight excluding hydrogens is 221 g/mol. The Balaban J connectivity index is 0.00000196. The van der Waals surface area contributed by atoms with Gasteiger partial charge in [0, 0.05) is 6.42 Å². The normalized spacial score (nSPS) is 25.7. The summed E-state index contributed by atoms with van der Waals surface area (Å²) in [5, 5.41) is 0. The SMILES string of the molecule is Cl.NC(=O)CC1CCC(OCCF)CC1. The maximum atomic E-state index is 11.8. The molecule has 0 aromatic rings. The van der Waals surface area contributed by atoms with Crippen LogP contribution >= 0.6 is 12.4 Å². The van der Waals surface area contributed by atoms with E-state index in [4.69, 9.17) is 10.5 Å². The molecule has 1 aliphatic rings. The molecule has 0 spiro atoms. The molecule has 0 saturated heterocycles. The van der Waals surface area contributed by atoms with E-state index in [9.17, 15) is 9.18 Å². The van der Waals surface area contributed by atoms with E-state index in [1.165, 1.54) is 0 Å². The molecule has 0 bridgehead atoms. The summed E-state index contributed by atoms with van der Waals surface area (Å²) in [7, 11) is 0. The Morgan fingerprint density at radius 2 is 1.93 bits per heavy atom. The Morgan fingerprint density at radius 3 is 2.40 bits per heavy atom. The lowest BCUT2D eigenvalue weighted by molar-refractivity contribution is -0.119. The van der Waals surface area contributed by atoms with Gasteiger partial charge in [-0.15, -0.1) is 12.4 Å². The molecule has 1 amide bonds. The minimum atomic E-state index is -0.415. The average molecular weight is 240 g/mol. The molecule has 1 fully saturated rings. The highest BCUT2D eigenvalue weighted by molar-refractivity contribution is 5.85. The largest absolute Gasteiger partial charge is 0.376 e. The lowest BCUT2D eigenvalue weighted by atomic mass is 9.85. The lowest BCUT2D eigenvalue weighted by Gasteiger charge is -2.27. The van der Waals surface area contributed by atoms with E-state index in [2.05, 4.69) is 0 Å². The van der Waals surface area contributed by atoms with Gasteiger partial charge in [0.15, 0.2) is 0 Å². The number of carbonyl (C=O) groups excluding carboxylic acids is 1. The number of carbonyl (C=O) groups is 1. The summed E-state index contributed by atoms with van der Waals surface area (Å²) in [4.78, 5) is 10.7. The first-order valence-corrected chi connectivity index (χ1v) is 5.18. The maximum Gasteiger partial charge on any atom is 0.217 e. The van der Waals surface area contributed by atoms with Crippen LogP contribution in [-0.2, 0) is 9.53 Å². The monoisotopic (exact) mass is 239 g/mol. The van der Waals surface area contributed by atoms with Crippen molar-refractivity contribution in [2.45, 2.75) is 38.2 Å². The van der Waals surface area contributed by atoms with Crippen LogP contribution in [0.5, 0.6) is 0 Å². The smallest absolute Gasteiger partial charge is 0.217 e. The predicted octanol–water partition coefficient (Wildman–Crippen LogP) is 1.83. The number of ether oxygens (including phenoxy) is 1. The van der Waals surface area contributed by atoms with Crippen molar-refractivity contribution in [1.82, 2.24) is 0 Å². The lowest BCUT2D eigenvalue weighted by Crippen LogP contribution is -2.25. The van der Waals surface area contributed by atoms with Crippen LogP contribution in [0.1, 0.15) is 32.1 Å². The molecule has 90 valence electrons. The molecule has 2 N–H and O–H groups in total. The van der Waals surface area contributed by atoms with Gasteiger partial charge in [0.05, 0.1) is 12.7 Å². The van der Waals surface area contributed by atoms with Crippen molar-refractivity contribution in [1.29, 1.82) is 0 Å². The van der Waals surface area contributed by atoms with E-state index >= 15 is 0 Å². The number of hydrogen-bond acceptors (Lipinski definition) is 2. The van der Waals surface area contributed by atoms with Gasteiger partial charge in [-0.3, -0.25) is 4.79 Å². The summed E-state index contributed by atoms with van der Waals surface area (Å²) in [5.41, 5.74) is 5.12. The van der Waals surface area contributed by atoms with Gasteiger partial charge in [-0.2, -0.15) is 0 Å². The summed E-state index contributed by atoms with van der Waals surface area (Å²) in [5.74, 6) is 0.191. The Hall–Kier alpha value is -0.350. The topological polar surface area (TPSA) is 52.3 Å². The first-order chi connectivity index (χ1) is 6.72. The summed E-state index contributed by atoms with van der Waals surface area (Å²) >= 11 is 0. The van der Waals surface area contributed by atoms with Gasteiger partial charge >= 0.3 is 0 Å². The molecule has 0 atom stereocenters. The second kappa shape index (κ2) is 7.88. The van der Waals surface area contributed by atoms with Crippen LogP contribution in [0.4, 0.5) is 4.39 Å². The third-order valence-corrected chi connectivity index (χ3v) is 2.71. The number of halogens is 2. The molecule has 3 nitrogen and oxygen atoms in total. The zero-order chi connectivity index (χ0) is 10.4. The van der Waals surface area contributed by atoms with Crippen LogP contribution in [0.3, 0.4) is 0 Å². The van der Waals surface area contributed by atoms with Gasteiger partial charge in [0.25, 0.3) is 0 Å². The highest BCUT2D eigenvalue weighted by Crippen LogP contribution is 2.28. The number of rotatable bonds is 5. The second-order valence-corrected chi connectivity index (χ2v) is 3.87. The standard InChI is InChI=1S/C10H18FNO2.ClH/c11-5-6-14-9-3-1-8(2-4-9)7-10(12)13;/h8-9H,1-7H2,(H2,12,13);1H. The van der Waals surface area contributed by atoms with Crippen molar-refractivity contribution in [3.05, 3.63) is 0 Å². The van der Waals surface area contributed by atoms with Crippen LogP contribution in [0.25, 0.3) is 0 Å². The van der Waals surface area contributed by atoms with Gasteiger partial charge in [-0.1, -0.05) is 0 Å². The molecule has 0 unspecified atom stereocenters. The first-order valence-electron chi connectivity index (χ1n) is 5.18. The Morgan fingerprint density at radius 1 is 1.33 bits per heavy atom. The fraction of sp³-hybridized carbons (Fsp3) is 0.900. The third kappa shape index (κ3) is 5.95. The van der Waals surface area contributed by atoms with Gasteiger partial charge in [-0.05, 0) is 31.6 Å². The minimum absolute atomic E-state index is 0. The summed E-state index contributed by atoms with van der Waals surface area (Å²) in [6, 6.07) is 0. The number of primary amides is 1. The van der Waals surface area contributed by atoms with Crippen molar-refractivity contribution in [2.75, 3.05) is 13.3 Å². The molecule has 0 aromatic heterocycles. The average Bonchev–Trinajstić information content (AvgIpc) is 2.16. The van der Waals surface area contributed by atoms with E-state index in [1.54, 1.807) is 0 Å². The second-order valence-electron chi connectivity index (χ2n) is 3.87. The number of alkyl halides is 1. The van der Waals surface area contributed by atoms with Crippen LogP contribution in [-0.4, -0.2) is 25.3 Å². The molecule has 1 rings (SSSR count). The van der Waals surface area contributed by atoms with Gasteiger partial charge in [-0.25, -0.2) is 4.39 Å².